The third kappa shape index (κ3) is 26.4. The molecule has 4 aromatic carbocycles. The number of likely N-dealkylation sites (N-methyl/N-ethyl adjacent to an activating group) is 4. The van der Waals surface area contributed by atoms with Gasteiger partial charge in [-0.15, -0.1) is 0 Å². The van der Waals surface area contributed by atoms with Crippen LogP contribution in [0.4, 0.5) is 0 Å². The molecule has 16 heteroatoms. The first kappa shape index (κ1) is 72.3. The number of rotatable bonds is 39. The Morgan fingerprint density at radius 3 is 0.826 bits per heavy atom. The zero-order valence-electron chi connectivity index (χ0n) is 56.1. The summed E-state index contributed by atoms with van der Waals surface area (Å²) in [6.45, 7) is 25.8. The molecule has 0 bridgehead atoms. The van der Waals surface area contributed by atoms with Crippen LogP contribution in [0.25, 0.3) is 0 Å². The van der Waals surface area contributed by atoms with Gasteiger partial charge in [0.25, 0.3) is 23.6 Å². The van der Waals surface area contributed by atoms with Crippen molar-refractivity contribution in [3.8, 4) is 23.0 Å². The molecular weight excluding hydrogens is 1080 g/mol. The highest BCUT2D eigenvalue weighted by atomic mass is 16.5. The number of hydrogen-bond acceptors (Lipinski definition) is 12. The molecule has 4 aromatic rings. The first-order chi connectivity index (χ1) is 40.7. The van der Waals surface area contributed by atoms with E-state index in [1.807, 2.05) is 82.9 Å². The Morgan fingerprint density at radius 1 is 0.360 bits per heavy atom. The molecule has 0 aromatic heterocycles. The maximum Gasteiger partial charge on any atom is 0.257 e. The summed E-state index contributed by atoms with van der Waals surface area (Å²) in [6, 6.07) is 17.6. The van der Waals surface area contributed by atoms with Crippen LogP contribution in [-0.4, -0.2) is 178 Å². The fourth-order valence-electron chi connectivity index (χ4n) is 10.6. The Kier molecular flexibility index (Phi) is 31.0. The van der Waals surface area contributed by atoms with E-state index in [9.17, 15) is 19.2 Å². The lowest BCUT2D eigenvalue weighted by molar-refractivity contribution is -0.123. The first-order valence-electron chi connectivity index (χ1n) is 31.4. The Labute approximate surface area is 518 Å². The maximum atomic E-state index is 13.9. The van der Waals surface area contributed by atoms with Gasteiger partial charge in [0.05, 0.1) is 0 Å². The van der Waals surface area contributed by atoms with Crippen LogP contribution in [0, 0.1) is 30.6 Å². The second-order valence-electron chi connectivity index (χ2n) is 26.2. The number of nitrogens with one attached hydrogen (secondary N) is 4. The SMILES string of the molecule is CCc1cc(CC(C)C)cc(Cc2cc(CC(C)C)cc(Cc3cc(CC(C)C)cc(Cc4cc(CC(C)C)cc(C)c4OCC(=O)NCCN(C)C)c3OCC(=O)NCCN(C)C)c2OCC(=O)NCCN(C)C)c1OCC(=O)NCCN(C)C. The van der Waals surface area contributed by atoms with Gasteiger partial charge >= 0.3 is 0 Å². The number of hydrogen-bond donors (Lipinski definition) is 4. The Morgan fingerprint density at radius 2 is 0.581 bits per heavy atom. The zero-order valence-corrected chi connectivity index (χ0v) is 56.1. The van der Waals surface area contributed by atoms with Crippen LogP contribution in [0.2, 0.25) is 0 Å². The molecule has 0 saturated heterocycles. The van der Waals surface area contributed by atoms with Crippen LogP contribution < -0.4 is 40.2 Å². The zero-order chi connectivity index (χ0) is 63.6. The minimum Gasteiger partial charge on any atom is -0.483 e. The van der Waals surface area contributed by atoms with Gasteiger partial charge in [0.15, 0.2) is 26.4 Å². The minimum absolute atomic E-state index is 0.140. The van der Waals surface area contributed by atoms with E-state index < -0.39 is 0 Å². The molecule has 0 spiro atoms. The fourth-order valence-corrected chi connectivity index (χ4v) is 10.6. The van der Waals surface area contributed by atoms with Crippen LogP contribution in [-0.2, 0) is 70.5 Å². The molecule has 0 heterocycles. The van der Waals surface area contributed by atoms with Crippen molar-refractivity contribution in [1.82, 2.24) is 40.9 Å². The van der Waals surface area contributed by atoms with E-state index in [1.54, 1.807) is 0 Å². The summed E-state index contributed by atoms with van der Waals surface area (Å²) in [7, 11) is 15.8. The predicted octanol–water partition coefficient (Wildman–Crippen LogP) is 8.35. The highest BCUT2D eigenvalue weighted by Gasteiger charge is 2.25. The van der Waals surface area contributed by atoms with Crippen molar-refractivity contribution in [2.75, 3.05) is 135 Å². The van der Waals surface area contributed by atoms with Gasteiger partial charge in [-0.2, -0.15) is 0 Å². The van der Waals surface area contributed by atoms with Gasteiger partial charge in [-0.25, -0.2) is 0 Å². The molecule has 16 nitrogen and oxygen atoms in total. The van der Waals surface area contributed by atoms with E-state index in [0.29, 0.717) is 125 Å². The second kappa shape index (κ2) is 36.8. The molecule has 0 aliphatic carbocycles. The van der Waals surface area contributed by atoms with Gasteiger partial charge in [0, 0.05) is 71.6 Å². The molecule has 86 heavy (non-hydrogen) atoms. The molecular formula is C70H110N8O8. The number of carbonyl (C=O) groups is 4. The molecule has 4 amide bonds. The number of benzene rings is 4. The third-order valence-corrected chi connectivity index (χ3v) is 14.3. The summed E-state index contributed by atoms with van der Waals surface area (Å²) >= 11 is 0. The van der Waals surface area contributed by atoms with Crippen LogP contribution in [0.15, 0.2) is 48.5 Å². The van der Waals surface area contributed by atoms with E-state index in [4.69, 9.17) is 18.9 Å². The minimum atomic E-state index is -0.241. The Hall–Kier alpha value is -6.20. The number of nitrogens with zero attached hydrogens (tertiary/aromatic N) is 4. The molecule has 478 valence electrons. The van der Waals surface area contributed by atoms with E-state index >= 15 is 0 Å². The van der Waals surface area contributed by atoms with Crippen molar-refractivity contribution >= 4 is 23.6 Å². The van der Waals surface area contributed by atoms with Crippen molar-refractivity contribution < 1.29 is 38.1 Å². The van der Waals surface area contributed by atoms with Gasteiger partial charge < -0.3 is 59.8 Å². The largest absolute Gasteiger partial charge is 0.483 e. The molecule has 0 unspecified atom stereocenters. The summed E-state index contributed by atoms with van der Waals surface area (Å²) in [5, 5.41) is 12.1. The smallest absolute Gasteiger partial charge is 0.257 e. The molecule has 0 aliphatic rings. The average molecular weight is 1190 g/mol. The number of aryl methyl sites for hydroxylation is 2. The van der Waals surface area contributed by atoms with Crippen molar-refractivity contribution in [3.05, 3.63) is 115 Å². The summed E-state index contributed by atoms with van der Waals surface area (Å²) < 4.78 is 27.0. The van der Waals surface area contributed by atoms with Crippen molar-refractivity contribution in [1.29, 1.82) is 0 Å². The molecule has 4 rings (SSSR count). The second-order valence-corrected chi connectivity index (χ2v) is 26.2. The first-order valence-corrected chi connectivity index (χ1v) is 31.4. The summed E-state index contributed by atoms with van der Waals surface area (Å²) in [6.07, 6.45) is 5.05. The van der Waals surface area contributed by atoms with E-state index in [-0.39, 0.29) is 50.1 Å². The van der Waals surface area contributed by atoms with E-state index in [2.05, 4.69) is 132 Å². The lowest BCUT2D eigenvalue weighted by Crippen LogP contribution is -2.34. The monoisotopic (exact) mass is 1190 g/mol. The molecule has 0 radical (unpaired) electrons. The van der Waals surface area contributed by atoms with E-state index in [0.717, 1.165) is 86.9 Å². The molecule has 0 fully saturated rings. The topological polar surface area (TPSA) is 166 Å². The van der Waals surface area contributed by atoms with Crippen LogP contribution in [0.5, 0.6) is 23.0 Å². The van der Waals surface area contributed by atoms with Crippen LogP contribution >= 0.6 is 0 Å². The van der Waals surface area contributed by atoms with Crippen molar-refractivity contribution in [3.63, 3.8) is 0 Å². The number of amides is 4. The Balaban J connectivity index is 2.08. The average Bonchev–Trinajstić information content (AvgIpc) is 1.26. The summed E-state index contributed by atoms with van der Waals surface area (Å²) in [5.74, 6) is 3.00. The van der Waals surface area contributed by atoms with Crippen LogP contribution in [0.3, 0.4) is 0 Å². The van der Waals surface area contributed by atoms with Crippen LogP contribution in [0.1, 0.15) is 129 Å². The quantitative estimate of drug-likeness (QED) is 0.0338. The molecule has 4 N–H and O–H groups in total. The van der Waals surface area contributed by atoms with Gasteiger partial charge in [-0.3, -0.25) is 19.2 Å². The summed E-state index contributed by atoms with van der Waals surface area (Å²) in [4.78, 5) is 62.4. The van der Waals surface area contributed by atoms with Gasteiger partial charge in [0.2, 0.25) is 0 Å². The highest BCUT2D eigenvalue weighted by molar-refractivity contribution is 5.79. The predicted molar refractivity (Wildman–Crippen MR) is 351 cm³/mol. The summed E-state index contributed by atoms with van der Waals surface area (Å²) in [5.41, 5.74) is 11.8. The Bertz CT molecular complexity index is 2790. The lowest BCUT2D eigenvalue weighted by atomic mass is 9.88. The van der Waals surface area contributed by atoms with Crippen molar-refractivity contribution in [2.45, 2.75) is 121 Å². The number of ether oxygens (including phenoxy) is 4. The van der Waals surface area contributed by atoms with Gasteiger partial charge in [-0.1, -0.05) is 111 Å². The maximum absolute atomic E-state index is 13.9. The third-order valence-electron chi connectivity index (χ3n) is 14.3. The molecule has 0 aliphatic heterocycles. The standard InChI is InChI=1S/C70H110N8O8/c1-19-56-33-53(29-48(4)5)35-58(68(56)84-44-64(80)72-21-25-76(13)14)41-60-37-55(31-50(8)9)39-62(70(60)86-46-66(82)74-23-27-78(17)18)42-61-38-54(30-49(6)7)36-59(69(61)85-45-65(81)73-22-26-77(15)16)40-57-34-52(28-47(2)3)32-51(10)67(57)83-43-63(79)71-20-24-75(11)12/h32-39,47-50H,19-31,40-46H2,1-18H3,(H,71,79)(H,72,80)(H,73,81)(H,74,82). The van der Waals surface area contributed by atoms with Gasteiger partial charge in [-0.05, 0) is 186 Å². The van der Waals surface area contributed by atoms with Crippen molar-refractivity contribution in [2.24, 2.45) is 23.7 Å². The van der Waals surface area contributed by atoms with Gasteiger partial charge in [0.1, 0.15) is 23.0 Å². The lowest BCUT2D eigenvalue weighted by Gasteiger charge is -2.24. The fraction of sp³-hybridized carbons (Fsp3) is 0.600. The number of carbonyl (C=O) groups excluding carboxylic acids is 4. The molecule has 0 saturated carbocycles. The molecule has 0 atom stereocenters. The van der Waals surface area contributed by atoms with E-state index in [1.165, 1.54) is 5.56 Å². The highest BCUT2D eigenvalue weighted by Crippen LogP contribution is 2.40. The normalized spacial score (nSPS) is 11.7.